The molecule has 0 aliphatic carbocycles. The molecule has 0 radical (unpaired) electrons. The molecule has 22 heavy (non-hydrogen) atoms. The lowest BCUT2D eigenvalue weighted by molar-refractivity contribution is -0.142. The molecule has 2 atom stereocenters. The van der Waals surface area contributed by atoms with Crippen LogP contribution in [0.1, 0.15) is 18.2 Å². The first kappa shape index (κ1) is 16.4. The Morgan fingerprint density at radius 1 is 1.18 bits per heavy atom. The Morgan fingerprint density at radius 2 is 1.82 bits per heavy atom. The molecule has 0 saturated carbocycles. The van der Waals surface area contributed by atoms with Crippen molar-refractivity contribution in [1.29, 1.82) is 0 Å². The summed E-state index contributed by atoms with van der Waals surface area (Å²) in [4.78, 5) is 26.0. The van der Waals surface area contributed by atoms with Gasteiger partial charge in [-0.2, -0.15) is 0 Å². The van der Waals surface area contributed by atoms with Gasteiger partial charge in [0.2, 0.25) is 7.37 Å². The first-order valence-electron chi connectivity index (χ1n) is 6.83. The van der Waals surface area contributed by atoms with Gasteiger partial charge in [0.15, 0.2) is 0 Å². The fourth-order valence-electron chi connectivity index (χ4n) is 2.37. The van der Waals surface area contributed by atoms with E-state index < -0.39 is 18.8 Å². The monoisotopic (exact) mass is 319 g/mol. The number of aromatic nitrogens is 1. The first-order valence-corrected chi connectivity index (χ1v) is 8.86. The molecular formula is C16H18NO4P. The number of rotatable bonds is 6. The van der Waals surface area contributed by atoms with Gasteiger partial charge in [-0.05, 0) is 24.6 Å². The van der Waals surface area contributed by atoms with Crippen LogP contribution >= 0.6 is 7.37 Å². The van der Waals surface area contributed by atoms with Gasteiger partial charge in [0.05, 0.1) is 5.69 Å². The fraction of sp³-hybridized carbons (Fsp3) is 0.250. The average molecular weight is 319 g/mol. The summed E-state index contributed by atoms with van der Waals surface area (Å²) in [6.07, 6.45) is 1.07. The standard InChI is InChI=1S/C16H18NO4P/c1-16(15(18)19,14-9-5-6-10-17-14)12-22(20,21)11-13-7-3-2-4-8-13/h2-10H,11-12H2,1H3,(H,18,19)(H,20,21). The van der Waals surface area contributed by atoms with E-state index in [0.29, 0.717) is 5.56 Å². The largest absolute Gasteiger partial charge is 0.481 e. The van der Waals surface area contributed by atoms with Crippen LogP contribution in [0.3, 0.4) is 0 Å². The van der Waals surface area contributed by atoms with Crippen LogP contribution in [0, 0.1) is 0 Å². The minimum Gasteiger partial charge on any atom is -0.481 e. The van der Waals surface area contributed by atoms with Crippen molar-refractivity contribution in [3.05, 3.63) is 66.0 Å². The number of aliphatic carboxylic acids is 1. The van der Waals surface area contributed by atoms with Gasteiger partial charge in [-0.3, -0.25) is 14.3 Å². The smallest absolute Gasteiger partial charge is 0.316 e. The van der Waals surface area contributed by atoms with Crippen molar-refractivity contribution in [2.24, 2.45) is 0 Å². The van der Waals surface area contributed by atoms with Gasteiger partial charge in [-0.15, -0.1) is 0 Å². The predicted octanol–water partition coefficient (Wildman–Crippen LogP) is 2.89. The van der Waals surface area contributed by atoms with Crippen LogP contribution < -0.4 is 0 Å². The first-order chi connectivity index (χ1) is 10.3. The number of hydrogen-bond acceptors (Lipinski definition) is 3. The normalized spacial score (nSPS) is 16.5. The van der Waals surface area contributed by atoms with E-state index in [2.05, 4.69) is 4.98 Å². The van der Waals surface area contributed by atoms with Crippen LogP contribution in [0.4, 0.5) is 0 Å². The highest BCUT2D eigenvalue weighted by atomic mass is 31.2. The topological polar surface area (TPSA) is 87.5 Å². The van der Waals surface area contributed by atoms with Gasteiger partial charge in [-0.25, -0.2) is 0 Å². The van der Waals surface area contributed by atoms with Gasteiger partial charge < -0.3 is 10.00 Å². The molecule has 5 nitrogen and oxygen atoms in total. The lowest BCUT2D eigenvalue weighted by atomic mass is 9.89. The van der Waals surface area contributed by atoms with Crippen LogP contribution in [0.5, 0.6) is 0 Å². The van der Waals surface area contributed by atoms with Gasteiger partial charge in [-0.1, -0.05) is 36.4 Å². The molecule has 0 aliphatic rings. The lowest BCUT2D eigenvalue weighted by Gasteiger charge is -2.26. The molecule has 0 bridgehead atoms. The second kappa shape index (κ2) is 6.42. The Balaban J connectivity index is 2.28. The number of carboxylic acid groups (broad SMARTS) is 1. The number of pyridine rings is 1. The zero-order valence-electron chi connectivity index (χ0n) is 12.2. The van der Waals surface area contributed by atoms with E-state index in [4.69, 9.17) is 0 Å². The molecule has 6 heteroatoms. The minimum absolute atomic E-state index is 0.0520. The zero-order valence-corrected chi connectivity index (χ0v) is 13.1. The molecule has 2 rings (SSSR count). The Bertz CT molecular complexity index is 690. The molecule has 116 valence electrons. The van der Waals surface area contributed by atoms with E-state index in [0.717, 1.165) is 0 Å². The molecule has 2 unspecified atom stereocenters. The van der Waals surface area contributed by atoms with E-state index in [9.17, 15) is 19.4 Å². The van der Waals surface area contributed by atoms with E-state index >= 15 is 0 Å². The summed E-state index contributed by atoms with van der Waals surface area (Å²) in [6.45, 7) is 1.44. The highest BCUT2D eigenvalue weighted by Crippen LogP contribution is 2.49. The third kappa shape index (κ3) is 3.81. The van der Waals surface area contributed by atoms with Crippen LogP contribution in [0.15, 0.2) is 54.7 Å². The molecule has 0 saturated heterocycles. The maximum absolute atomic E-state index is 12.5. The third-order valence-corrected chi connectivity index (χ3v) is 5.52. The number of nitrogens with zero attached hydrogens (tertiary/aromatic N) is 1. The van der Waals surface area contributed by atoms with E-state index in [1.54, 1.807) is 42.5 Å². The summed E-state index contributed by atoms with van der Waals surface area (Å²) in [5.74, 6) is -1.16. The van der Waals surface area contributed by atoms with Crippen molar-refractivity contribution in [2.75, 3.05) is 6.16 Å². The van der Waals surface area contributed by atoms with Crippen molar-refractivity contribution in [3.8, 4) is 0 Å². The molecule has 1 aromatic heterocycles. The van der Waals surface area contributed by atoms with Gasteiger partial charge in [0.1, 0.15) is 5.41 Å². The number of hydrogen-bond donors (Lipinski definition) is 2. The van der Waals surface area contributed by atoms with Crippen molar-refractivity contribution in [2.45, 2.75) is 18.5 Å². The lowest BCUT2D eigenvalue weighted by Crippen LogP contribution is -2.37. The highest BCUT2D eigenvalue weighted by molar-refractivity contribution is 7.57. The van der Waals surface area contributed by atoms with E-state index in [-0.39, 0.29) is 18.0 Å². The predicted molar refractivity (Wildman–Crippen MR) is 84.1 cm³/mol. The molecule has 0 fully saturated rings. The Hall–Kier alpha value is -1.97. The molecule has 0 spiro atoms. The molecule has 0 amide bonds. The minimum atomic E-state index is -3.68. The van der Waals surface area contributed by atoms with Crippen LogP contribution in [0.25, 0.3) is 0 Å². The van der Waals surface area contributed by atoms with Crippen molar-refractivity contribution >= 4 is 13.3 Å². The van der Waals surface area contributed by atoms with Crippen molar-refractivity contribution < 1.29 is 19.4 Å². The summed E-state index contributed by atoms with van der Waals surface area (Å²) in [5, 5.41) is 9.54. The SMILES string of the molecule is CC(CP(=O)(O)Cc1ccccc1)(C(=O)O)c1ccccn1. The van der Waals surface area contributed by atoms with E-state index in [1.165, 1.54) is 13.1 Å². The van der Waals surface area contributed by atoms with Crippen LogP contribution in [0.2, 0.25) is 0 Å². The second-order valence-corrected chi connectivity index (χ2v) is 7.83. The molecule has 1 heterocycles. The van der Waals surface area contributed by atoms with Crippen LogP contribution in [-0.2, 0) is 20.9 Å². The second-order valence-electron chi connectivity index (χ2n) is 5.50. The van der Waals surface area contributed by atoms with Crippen LogP contribution in [-0.4, -0.2) is 27.1 Å². The van der Waals surface area contributed by atoms with Crippen molar-refractivity contribution in [1.82, 2.24) is 4.98 Å². The Kier molecular flexibility index (Phi) is 4.79. The van der Waals surface area contributed by atoms with Gasteiger partial charge in [0.25, 0.3) is 0 Å². The zero-order chi connectivity index (χ0) is 16.2. The molecule has 2 N–H and O–H groups in total. The number of carboxylic acids is 1. The van der Waals surface area contributed by atoms with Crippen molar-refractivity contribution in [3.63, 3.8) is 0 Å². The summed E-state index contributed by atoms with van der Waals surface area (Å²) in [6, 6.07) is 13.8. The highest BCUT2D eigenvalue weighted by Gasteiger charge is 2.42. The Labute approximate surface area is 129 Å². The number of carbonyl (C=O) groups is 1. The molecular weight excluding hydrogens is 301 g/mol. The van der Waals surface area contributed by atoms with Gasteiger partial charge >= 0.3 is 5.97 Å². The number of benzene rings is 1. The summed E-state index contributed by atoms with van der Waals surface area (Å²) in [5.41, 5.74) is -0.507. The third-order valence-electron chi connectivity index (χ3n) is 3.54. The molecule has 1 aromatic carbocycles. The fourth-order valence-corrected chi connectivity index (χ4v) is 4.54. The quantitative estimate of drug-likeness (QED) is 0.799. The molecule has 2 aromatic rings. The van der Waals surface area contributed by atoms with Gasteiger partial charge in [0, 0.05) is 18.5 Å². The maximum Gasteiger partial charge on any atom is 0.316 e. The summed E-state index contributed by atoms with van der Waals surface area (Å²) in [7, 11) is -3.68. The maximum atomic E-state index is 12.5. The summed E-state index contributed by atoms with van der Waals surface area (Å²) >= 11 is 0. The molecule has 0 aliphatic heterocycles. The Morgan fingerprint density at radius 3 is 2.36 bits per heavy atom. The van der Waals surface area contributed by atoms with E-state index in [1.807, 2.05) is 6.07 Å². The summed E-state index contributed by atoms with van der Waals surface area (Å²) < 4.78 is 12.5. The average Bonchev–Trinajstić information content (AvgIpc) is 2.48.